The number of sulfone groups is 1. The van der Waals surface area contributed by atoms with Gasteiger partial charge in [0.25, 0.3) is 0 Å². The molecule has 1 heterocycles. The smallest absolute Gasteiger partial charge is 0.233 e. The minimum atomic E-state index is -3.14. The molecule has 1 aliphatic rings. The second-order valence-corrected chi connectivity index (χ2v) is 13.1. The van der Waals surface area contributed by atoms with Crippen molar-refractivity contribution in [2.45, 2.75) is 49.6 Å². The first-order valence-electron chi connectivity index (χ1n) is 11.5. The van der Waals surface area contributed by atoms with Gasteiger partial charge in [-0.3, -0.25) is 9.69 Å². The second kappa shape index (κ2) is 11.4. The maximum atomic E-state index is 13.9. The molecule has 0 spiro atoms. The number of nitrogens with zero attached hydrogens (tertiary/aromatic N) is 2. The van der Waals surface area contributed by atoms with Crippen molar-refractivity contribution in [3.63, 3.8) is 0 Å². The Morgan fingerprint density at radius 3 is 2.43 bits per heavy atom. The number of nitrogens with two attached hydrogens (primary N) is 1. The molecule has 10 heteroatoms. The van der Waals surface area contributed by atoms with Gasteiger partial charge in [0.2, 0.25) is 5.91 Å². The van der Waals surface area contributed by atoms with Crippen LogP contribution >= 0.6 is 34.8 Å². The number of halogens is 3. The number of hydrogen-bond donors (Lipinski definition) is 1. The van der Waals surface area contributed by atoms with Gasteiger partial charge < -0.3 is 10.6 Å². The summed E-state index contributed by atoms with van der Waals surface area (Å²) in [6, 6.07) is 12.7. The zero-order chi connectivity index (χ0) is 26.0. The van der Waals surface area contributed by atoms with Crippen molar-refractivity contribution in [3.8, 4) is 0 Å². The molecule has 6 nitrogen and oxygen atoms in total. The molecule has 3 unspecified atom stereocenters. The van der Waals surface area contributed by atoms with E-state index in [4.69, 9.17) is 40.5 Å². The van der Waals surface area contributed by atoms with E-state index in [9.17, 15) is 13.2 Å². The maximum absolute atomic E-state index is 13.9. The summed E-state index contributed by atoms with van der Waals surface area (Å²) in [4.78, 5) is 17.6. The Bertz CT molecular complexity index is 1180. The SMILES string of the molecule is CN(Cc1ccccc1Cl)C(=O)C(C)(CCN1CCC(S(C)(=O)=O)CC1N)c1ccc(Cl)c(Cl)c1. The summed E-state index contributed by atoms with van der Waals surface area (Å²) in [5.74, 6) is -0.0876. The molecule has 1 aliphatic heterocycles. The third kappa shape index (κ3) is 6.70. The number of amides is 1. The maximum Gasteiger partial charge on any atom is 0.233 e. The highest BCUT2D eigenvalue weighted by atomic mass is 35.5. The number of likely N-dealkylation sites (tertiary alicyclic amines) is 1. The fourth-order valence-corrected chi connectivity index (χ4v) is 6.21. The van der Waals surface area contributed by atoms with Crippen LogP contribution < -0.4 is 5.73 Å². The van der Waals surface area contributed by atoms with E-state index in [1.54, 1.807) is 30.1 Å². The highest BCUT2D eigenvalue weighted by molar-refractivity contribution is 7.91. The summed E-state index contributed by atoms with van der Waals surface area (Å²) >= 11 is 18.8. The first-order valence-corrected chi connectivity index (χ1v) is 14.5. The first kappa shape index (κ1) is 28.2. The molecule has 3 atom stereocenters. The van der Waals surface area contributed by atoms with Crippen molar-refractivity contribution in [2.75, 3.05) is 26.4 Å². The summed E-state index contributed by atoms with van der Waals surface area (Å²) in [5.41, 5.74) is 7.03. The van der Waals surface area contributed by atoms with Crippen LogP contribution in [0.4, 0.5) is 0 Å². The van der Waals surface area contributed by atoms with Crippen LogP contribution in [-0.4, -0.2) is 61.9 Å². The largest absolute Gasteiger partial charge is 0.341 e. The van der Waals surface area contributed by atoms with E-state index in [0.717, 1.165) is 11.1 Å². The second-order valence-electron chi connectivity index (χ2n) is 9.54. The van der Waals surface area contributed by atoms with Crippen molar-refractivity contribution >= 4 is 50.5 Å². The molecule has 1 amide bonds. The Balaban J connectivity index is 1.84. The van der Waals surface area contributed by atoms with E-state index in [2.05, 4.69) is 4.90 Å². The molecule has 0 aromatic heterocycles. The summed E-state index contributed by atoms with van der Waals surface area (Å²) in [6.45, 7) is 3.33. The predicted octanol–water partition coefficient (Wildman–Crippen LogP) is 4.75. The van der Waals surface area contributed by atoms with Crippen LogP contribution in [0.1, 0.15) is 37.3 Å². The number of rotatable bonds is 8. The van der Waals surface area contributed by atoms with Crippen LogP contribution in [0.2, 0.25) is 15.1 Å². The summed E-state index contributed by atoms with van der Waals surface area (Å²) < 4.78 is 24.0. The van der Waals surface area contributed by atoms with Gasteiger partial charge in [-0.2, -0.15) is 0 Å². The van der Waals surface area contributed by atoms with Crippen molar-refractivity contribution in [2.24, 2.45) is 5.73 Å². The number of carbonyl (C=O) groups is 1. The lowest BCUT2D eigenvalue weighted by molar-refractivity contribution is -0.136. The normalized spacial score (nSPS) is 20.9. The van der Waals surface area contributed by atoms with E-state index >= 15 is 0 Å². The van der Waals surface area contributed by atoms with Crippen molar-refractivity contribution in [1.82, 2.24) is 9.80 Å². The van der Waals surface area contributed by atoms with Gasteiger partial charge in [0, 0.05) is 38.0 Å². The molecule has 2 aromatic rings. The molecule has 1 saturated heterocycles. The molecule has 2 aromatic carbocycles. The minimum absolute atomic E-state index is 0.0876. The van der Waals surface area contributed by atoms with Gasteiger partial charge in [-0.1, -0.05) is 59.1 Å². The summed E-state index contributed by atoms with van der Waals surface area (Å²) in [6.07, 6.45) is 2.24. The van der Waals surface area contributed by atoms with Gasteiger partial charge in [-0.05, 0) is 55.5 Å². The van der Waals surface area contributed by atoms with Crippen molar-refractivity contribution in [3.05, 3.63) is 68.7 Å². The van der Waals surface area contributed by atoms with Gasteiger partial charge in [0.15, 0.2) is 0 Å². The number of piperidine rings is 1. The van der Waals surface area contributed by atoms with E-state index < -0.39 is 26.7 Å². The van der Waals surface area contributed by atoms with E-state index in [1.807, 2.05) is 31.2 Å². The third-order valence-corrected chi connectivity index (χ3v) is 9.70. The lowest BCUT2D eigenvalue weighted by atomic mass is 9.77. The number of likely N-dealkylation sites (N-methyl/N-ethyl adjacent to an activating group) is 1. The molecule has 0 saturated carbocycles. The van der Waals surface area contributed by atoms with Crippen LogP contribution in [0, 0.1) is 0 Å². The molecule has 0 aliphatic carbocycles. The lowest BCUT2D eigenvalue weighted by Crippen LogP contribution is -2.53. The first-order chi connectivity index (χ1) is 16.3. The number of carbonyl (C=O) groups excluding carboxylic acids is 1. The standard InChI is InChI=1S/C25H32Cl3N3O3S/c1-25(18-8-9-21(27)22(28)14-18,24(32)30(2)16-17-6-4-5-7-20(17)26)11-13-31-12-10-19(15-23(31)29)35(3,33)34/h4-9,14,19,23H,10-13,15-16,29H2,1-3H3. The zero-order valence-corrected chi connectivity index (χ0v) is 23.3. The summed E-state index contributed by atoms with van der Waals surface area (Å²) in [7, 11) is -1.39. The monoisotopic (exact) mass is 559 g/mol. The van der Waals surface area contributed by atoms with Gasteiger partial charge in [0.1, 0.15) is 9.84 Å². The van der Waals surface area contributed by atoms with Gasteiger partial charge in [0.05, 0.1) is 26.9 Å². The number of hydrogen-bond acceptors (Lipinski definition) is 5. The molecule has 3 rings (SSSR count). The third-order valence-electron chi connectivity index (χ3n) is 6.96. The molecular weight excluding hydrogens is 529 g/mol. The highest BCUT2D eigenvalue weighted by Gasteiger charge is 2.39. The van der Waals surface area contributed by atoms with Crippen LogP contribution in [0.5, 0.6) is 0 Å². The Hall–Kier alpha value is -1.35. The average Bonchev–Trinajstić information content (AvgIpc) is 2.80. The Kier molecular flexibility index (Phi) is 9.16. The van der Waals surface area contributed by atoms with E-state index in [-0.39, 0.29) is 5.91 Å². The van der Waals surface area contributed by atoms with Gasteiger partial charge >= 0.3 is 0 Å². The number of benzene rings is 2. The zero-order valence-electron chi connectivity index (χ0n) is 20.2. The Morgan fingerprint density at radius 2 is 1.83 bits per heavy atom. The van der Waals surface area contributed by atoms with Crippen LogP contribution in [0.3, 0.4) is 0 Å². The Morgan fingerprint density at radius 1 is 1.14 bits per heavy atom. The van der Waals surface area contributed by atoms with E-state index in [1.165, 1.54) is 6.26 Å². The van der Waals surface area contributed by atoms with Crippen molar-refractivity contribution < 1.29 is 13.2 Å². The molecule has 192 valence electrons. The lowest BCUT2D eigenvalue weighted by Gasteiger charge is -2.40. The highest BCUT2D eigenvalue weighted by Crippen LogP contribution is 2.35. The van der Waals surface area contributed by atoms with Crippen LogP contribution in [0.15, 0.2) is 42.5 Å². The molecule has 0 radical (unpaired) electrons. The van der Waals surface area contributed by atoms with Crippen LogP contribution in [0.25, 0.3) is 0 Å². The van der Waals surface area contributed by atoms with Crippen LogP contribution in [-0.2, 0) is 26.6 Å². The average molecular weight is 561 g/mol. The fourth-order valence-electron chi connectivity index (χ4n) is 4.63. The molecular formula is C25H32Cl3N3O3S. The topological polar surface area (TPSA) is 83.7 Å². The molecule has 0 bridgehead atoms. The van der Waals surface area contributed by atoms with Crippen molar-refractivity contribution in [1.29, 1.82) is 0 Å². The van der Waals surface area contributed by atoms with Gasteiger partial charge in [-0.15, -0.1) is 0 Å². The minimum Gasteiger partial charge on any atom is -0.341 e. The summed E-state index contributed by atoms with van der Waals surface area (Å²) in [5, 5.41) is 0.962. The molecule has 35 heavy (non-hydrogen) atoms. The molecule has 2 N–H and O–H groups in total. The predicted molar refractivity (Wildman–Crippen MR) is 144 cm³/mol. The van der Waals surface area contributed by atoms with E-state index in [0.29, 0.717) is 54.0 Å². The fraction of sp³-hybridized carbons (Fsp3) is 0.480. The van der Waals surface area contributed by atoms with Gasteiger partial charge in [-0.25, -0.2) is 8.42 Å². The Labute approximate surface area is 223 Å². The quantitative estimate of drug-likeness (QED) is 0.504. The molecule has 1 fully saturated rings.